The molecule has 0 saturated carbocycles. The monoisotopic (exact) mass is 368 g/mol. The molecular formula is C14H17BrN4OS. The van der Waals surface area contributed by atoms with Crippen LogP contribution in [0.15, 0.2) is 34.2 Å². The van der Waals surface area contributed by atoms with E-state index < -0.39 is 0 Å². The number of nitrogens with zero attached hydrogens (tertiary/aromatic N) is 2. The van der Waals surface area contributed by atoms with E-state index in [1.165, 1.54) is 0 Å². The van der Waals surface area contributed by atoms with Gasteiger partial charge in [0.25, 0.3) is 0 Å². The molecule has 21 heavy (non-hydrogen) atoms. The summed E-state index contributed by atoms with van der Waals surface area (Å²) in [6.07, 6.45) is 1.74. The van der Waals surface area contributed by atoms with Gasteiger partial charge in [0.2, 0.25) is 0 Å². The molecule has 5 nitrogen and oxygen atoms in total. The van der Waals surface area contributed by atoms with E-state index in [9.17, 15) is 4.79 Å². The number of amides is 2. The molecule has 2 N–H and O–H groups in total. The average molecular weight is 369 g/mol. The molecule has 2 aromatic rings. The summed E-state index contributed by atoms with van der Waals surface area (Å²) in [7, 11) is 3.86. The largest absolute Gasteiger partial charge is 0.362 e. The number of hydrogen-bond donors (Lipinski definition) is 2. The standard InChI is InChI=1S/C14H17BrN4OS/c1-19(2)13-10(4-3-5-16-13)7-17-14(20)18-8-12-6-11(15)9-21-12/h3-6,9H,7-8H2,1-2H3,(H2,17,18,20). The van der Waals surface area contributed by atoms with Crippen molar-refractivity contribution in [1.82, 2.24) is 15.6 Å². The van der Waals surface area contributed by atoms with E-state index in [4.69, 9.17) is 0 Å². The zero-order valence-electron chi connectivity index (χ0n) is 11.9. The van der Waals surface area contributed by atoms with Crippen molar-refractivity contribution in [3.8, 4) is 0 Å². The fourth-order valence-electron chi connectivity index (χ4n) is 1.82. The third-order valence-corrected chi connectivity index (χ3v) is 4.47. The normalized spacial score (nSPS) is 10.2. The predicted octanol–water partition coefficient (Wildman–Crippen LogP) is 2.97. The molecule has 0 bridgehead atoms. The van der Waals surface area contributed by atoms with Crippen molar-refractivity contribution in [2.24, 2.45) is 0 Å². The number of hydrogen-bond acceptors (Lipinski definition) is 4. The van der Waals surface area contributed by atoms with Crippen LogP contribution < -0.4 is 15.5 Å². The maximum absolute atomic E-state index is 11.8. The molecule has 0 unspecified atom stereocenters. The topological polar surface area (TPSA) is 57.3 Å². The highest BCUT2D eigenvalue weighted by Crippen LogP contribution is 2.19. The number of rotatable bonds is 5. The van der Waals surface area contributed by atoms with Crippen molar-refractivity contribution in [1.29, 1.82) is 0 Å². The number of urea groups is 1. The van der Waals surface area contributed by atoms with Crippen molar-refractivity contribution in [2.45, 2.75) is 13.1 Å². The summed E-state index contributed by atoms with van der Waals surface area (Å²) in [5.74, 6) is 0.861. The molecule has 2 aromatic heterocycles. The van der Waals surface area contributed by atoms with Crippen molar-refractivity contribution in [3.63, 3.8) is 0 Å². The summed E-state index contributed by atoms with van der Waals surface area (Å²) in [5, 5.41) is 7.68. The Kier molecular flexibility index (Phi) is 5.58. The molecule has 0 aromatic carbocycles. The van der Waals surface area contributed by atoms with E-state index >= 15 is 0 Å². The molecule has 0 saturated heterocycles. The Balaban J connectivity index is 1.84. The summed E-state index contributed by atoms with van der Waals surface area (Å²) in [5.41, 5.74) is 0.983. The molecule has 0 spiro atoms. The zero-order chi connectivity index (χ0) is 15.2. The van der Waals surface area contributed by atoms with Gasteiger partial charge in [-0.2, -0.15) is 0 Å². The summed E-state index contributed by atoms with van der Waals surface area (Å²) < 4.78 is 1.04. The maximum Gasteiger partial charge on any atom is 0.315 e. The first-order chi connectivity index (χ1) is 10.1. The van der Waals surface area contributed by atoms with Crippen molar-refractivity contribution >= 4 is 39.1 Å². The minimum Gasteiger partial charge on any atom is -0.362 e. The molecule has 0 radical (unpaired) electrons. The molecule has 0 atom stereocenters. The molecular weight excluding hydrogens is 352 g/mol. The van der Waals surface area contributed by atoms with Gasteiger partial charge in [0.1, 0.15) is 5.82 Å². The number of carbonyl (C=O) groups excluding carboxylic acids is 1. The lowest BCUT2D eigenvalue weighted by atomic mass is 10.2. The SMILES string of the molecule is CN(C)c1ncccc1CNC(=O)NCc1cc(Br)cs1. The predicted molar refractivity (Wildman–Crippen MR) is 89.7 cm³/mol. The number of pyridine rings is 1. The number of carbonyl (C=O) groups is 1. The lowest BCUT2D eigenvalue weighted by Crippen LogP contribution is -2.34. The van der Waals surface area contributed by atoms with Crippen LogP contribution in [-0.4, -0.2) is 25.1 Å². The molecule has 0 aliphatic carbocycles. The highest BCUT2D eigenvalue weighted by Gasteiger charge is 2.07. The van der Waals surface area contributed by atoms with Crippen molar-refractivity contribution in [2.75, 3.05) is 19.0 Å². The van der Waals surface area contributed by atoms with Gasteiger partial charge in [0.15, 0.2) is 0 Å². The van der Waals surface area contributed by atoms with Crippen LogP contribution in [0.4, 0.5) is 10.6 Å². The van der Waals surface area contributed by atoms with Gasteiger partial charge in [0.05, 0.1) is 6.54 Å². The van der Waals surface area contributed by atoms with Gasteiger partial charge in [-0.05, 0) is 28.1 Å². The summed E-state index contributed by atoms with van der Waals surface area (Å²) in [6, 6.07) is 5.63. The summed E-state index contributed by atoms with van der Waals surface area (Å²) in [4.78, 5) is 19.2. The fraction of sp³-hybridized carbons (Fsp3) is 0.286. The van der Waals surface area contributed by atoms with Crippen molar-refractivity contribution in [3.05, 3.63) is 44.7 Å². The van der Waals surface area contributed by atoms with Crippen LogP contribution in [0.5, 0.6) is 0 Å². The Morgan fingerprint density at radius 3 is 2.81 bits per heavy atom. The molecule has 0 aliphatic rings. The van der Waals surface area contributed by atoms with Crippen LogP contribution >= 0.6 is 27.3 Å². The van der Waals surface area contributed by atoms with Gasteiger partial charge >= 0.3 is 6.03 Å². The Morgan fingerprint density at radius 2 is 2.14 bits per heavy atom. The number of anilines is 1. The van der Waals surface area contributed by atoms with Crippen LogP contribution in [0.1, 0.15) is 10.4 Å². The van der Waals surface area contributed by atoms with Gasteiger partial charge in [-0.1, -0.05) is 6.07 Å². The van der Waals surface area contributed by atoms with Crippen LogP contribution in [0, 0.1) is 0 Å². The second-order valence-electron chi connectivity index (χ2n) is 4.65. The van der Waals surface area contributed by atoms with Gasteiger partial charge in [-0.3, -0.25) is 0 Å². The number of halogens is 1. The lowest BCUT2D eigenvalue weighted by molar-refractivity contribution is 0.240. The quantitative estimate of drug-likeness (QED) is 0.852. The molecule has 0 fully saturated rings. The summed E-state index contributed by atoms with van der Waals surface area (Å²) >= 11 is 5.00. The van der Waals surface area contributed by atoms with Gasteiger partial charge in [-0.15, -0.1) is 11.3 Å². The molecule has 2 heterocycles. The first-order valence-corrected chi connectivity index (χ1v) is 8.09. The molecule has 112 valence electrons. The first-order valence-electron chi connectivity index (χ1n) is 6.42. The number of aromatic nitrogens is 1. The summed E-state index contributed by atoms with van der Waals surface area (Å²) in [6.45, 7) is 0.969. The third kappa shape index (κ3) is 4.71. The molecule has 0 aliphatic heterocycles. The van der Waals surface area contributed by atoms with E-state index in [-0.39, 0.29) is 6.03 Å². The zero-order valence-corrected chi connectivity index (χ0v) is 14.3. The van der Waals surface area contributed by atoms with Crippen LogP contribution in [-0.2, 0) is 13.1 Å². The highest BCUT2D eigenvalue weighted by atomic mass is 79.9. The third-order valence-electron chi connectivity index (χ3n) is 2.78. The van der Waals surface area contributed by atoms with E-state index in [0.717, 1.165) is 20.7 Å². The minimum absolute atomic E-state index is 0.187. The molecule has 7 heteroatoms. The Hall–Kier alpha value is -1.60. The van der Waals surface area contributed by atoms with E-state index in [1.54, 1.807) is 17.5 Å². The Morgan fingerprint density at radius 1 is 1.38 bits per heavy atom. The second-order valence-corrected chi connectivity index (χ2v) is 6.56. The fourth-order valence-corrected chi connectivity index (χ4v) is 3.21. The first kappa shape index (κ1) is 15.8. The number of nitrogens with one attached hydrogen (secondary N) is 2. The highest BCUT2D eigenvalue weighted by molar-refractivity contribution is 9.10. The minimum atomic E-state index is -0.187. The van der Waals surface area contributed by atoms with E-state index in [2.05, 4.69) is 31.5 Å². The van der Waals surface area contributed by atoms with Crippen LogP contribution in [0.2, 0.25) is 0 Å². The van der Waals surface area contributed by atoms with Gasteiger partial charge in [0, 0.05) is 47.1 Å². The van der Waals surface area contributed by atoms with Crippen molar-refractivity contribution < 1.29 is 4.79 Å². The van der Waals surface area contributed by atoms with E-state index in [1.807, 2.05) is 42.6 Å². The maximum atomic E-state index is 11.8. The van der Waals surface area contributed by atoms with Gasteiger partial charge < -0.3 is 15.5 Å². The smallest absolute Gasteiger partial charge is 0.315 e. The van der Waals surface area contributed by atoms with Gasteiger partial charge in [-0.25, -0.2) is 9.78 Å². The number of thiophene rings is 1. The second kappa shape index (κ2) is 7.42. The molecule has 2 rings (SSSR count). The average Bonchev–Trinajstić information content (AvgIpc) is 2.88. The Bertz CT molecular complexity index is 615. The lowest BCUT2D eigenvalue weighted by Gasteiger charge is -2.16. The van der Waals surface area contributed by atoms with Crippen LogP contribution in [0.25, 0.3) is 0 Å². The Labute approximate surface area is 136 Å². The van der Waals surface area contributed by atoms with Crippen LogP contribution in [0.3, 0.4) is 0 Å². The van der Waals surface area contributed by atoms with E-state index in [0.29, 0.717) is 13.1 Å². The molecule has 2 amide bonds.